The van der Waals surface area contributed by atoms with E-state index in [1.54, 1.807) is 102 Å². The Balaban J connectivity index is 1.15. The van der Waals surface area contributed by atoms with Gasteiger partial charge < -0.3 is 36.4 Å². The molecule has 14 heteroatoms. The van der Waals surface area contributed by atoms with Gasteiger partial charge in [0.15, 0.2) is 0 Å². The third-order valence-electron chi connectivity index (χ3n) is 10.2. The van der Waals surface area contributed by atoms with Gasteiger partial charge in [-0.05, 0) is 74.2 Å². The number of para-hydroxylation sites is 4. The van der Waals surface area contributed by atoms with E-state index in [0.29, 0.717) is 37.9 Å². The Morgan fingerprint density at radius 2 is 0.862 bits per heavy atom. The Kier molecular flexibility index (Phi) is 12.3. The van der Waals surface area contributed by atoms with E-state index in [0.717, 1.165) is 0 Å². The molecule has 4 aromatic rings. The van der Waals surface area contributed by atoms with Crippen LogP contribution in [0.3, 0.4) is 0 Å². The van der Waals surface area contributed by atoms with Crippen molar-refractivity contribution in [3.8, 4) is 0 Å². The number of likely N-dealkylation sites (tertiary alicyclic amines) is 2. The molecule has 0 spiro atoms. The molecule has 2 atom stereocenters. The van der Waals surface area contributed by atoms with Crippen molar-refractivity contribution in [1.29, 1.82) is 0 Å². The first-order chi connectivity index (χ1) is 27.8. The zero-order valence-electron chi connectivity index (χ0n) is 32.9. The lowest BCUT2D eigenvalue weighted by atomic mass is 9.94. The molecular formula is C44H47N7O7. The summed E-state index contributed by atoms with van der Waals surface area (Å²) in [5.41, 5.74) is 1.07. The van der Waals surface area contributed by atoms with E-state index in [1.807, 2.05) is 20.8 Å². The van der Waals surface area contributed by atoms with Crippen LogP contribution in [0.2, 0.25) is 0 Å². The molecule has 0 saturated carbocycles. The van der Waals surface area contributed by atoms with Crippen LogP contribution in [-0.2, 0) is 14.4 Å². The molecule has 0 radical (unpaired) electrons. The first-order valence-electron chi connectivity index (χ1n) is 19.2. The Morgan fingerprint density at radius 1 is 0.500 bits per heavy atom. The average Bonchev–Trinajstić information content (AvgIpc) is 3.92. The lowest BCUT2D eigenvalue weighted by Crippen LogP contribution is -2.47. The van der Waals surface area contributed by atoms with Gasteiger partial charge in [-0.3, -0.25) is 33.6 Å². The maximum atomic E-state index is 14.2. The molecular weight excluding hydrogens is 739 g/mol. The van der Waals surface area contributed by atoms with Crippen molar-refractivity contribution in [2.24, 2.45) is 5.41 Å². The van der Waals surface area contributed by atoms with Crippen molar-refractivity contribution in [3.05, 3.63) is 119 Å². The predicted octanol–water partition coefficient (Wildman–Crippen LogP) is 5.77. The van der Waals surface area contributed by atoms with Crippen molar-refractivity contribution in [2.75, 3.05) is 41.4 Å². The van der Waals surface area contributed by atoms with Gasteiger partial charge in [0, 0.05) is 25.6 Å². The third-order valence-corrected chi connectivity index (χ3v) is 10.2. The number of nitrogens with zero attached hydrogens (tertiary/aromatic N) is 2. The second kappa shape index (κ2) is 17.5. The lowest BCUT2D eigenvalue weighted by molar-refractivity contribution is -0.143. The largest absolute Gasteiger partial charge is 0.355 e. The van der Waals surface area contributed by atoms with Gasteiger partial charge in [0.25, 0.3) is 23.6 Å². The molecule has 5 N–H and O–H groups in total. The van der Waals surface area contributed by atoms with Crippen molar-refractivity contribution in [1.82, 2.24) is 15.1 Å². The van der Waals surface area contributed by atoms with Crippen LogP contribution in [0, 0.1) is 5.41 Å². The normalized spacial score (nSPS) is 16.3. The highest BCUT2D eigenvalue weighted by atomic mass is 16.2. The third kappa shape index (κ3) is 8.91. The number of hydrogen-bond donors (Lipinski definition) is 5. The van der Waals surface area contributed by atoms with Gasteiger partial charge >= 0.3 is 0 Å². The molecule has 6 rings (SSSR count). The summed E-state index contributed by atoms with van der Waals surface area (Å²) in [6.07, 6.45) is 2.11. The van der Waals surface area contributed by atoms with Crippen molar-refractivity contribution in [2.45, 2.75) is 58.5 Å². The summed E-state index contributed by atoms with van der Waals surface area (Å²) in [5, 5.41) is 13.8. The monoisotopic (exact) mass is 785 g/mol. The molecule has 2 aliphatic rings. The van der Waals surface area contributed by atoms with Crippen molar-refractivity contribution >= 4 is 64.1 Å². The minimum Gasteiger partial charge on any atom is -0.355 e. The highest BCUT2D eigenvalue weighted by Gasteiger charge is 2.39. The number of anilines is 4. The summed E-state index contributed by atoms with van der Waals surface area (Å²) in [7, 11) is 1.49. The molecule has 14 nitrogen and oxygen atoms in total. The first-order valence-corrected chi connectivity index (χ1v) is 19.2. The number of nitrogens with one attached hydrogen (secondary N) is 5. The molecule has 7 amide bonds. The molecule has 2 aliphatic heterocycles. The molecule has 0 bridgehead atoms. The van der Waals surface area contributed by atoms with Crippen LogP contribution >= 0.6 is 0 Å². The van der Waals surface area contributed by atoms with Crippen LogP contribution in [-0.4, -0.2) is 83.4 Å². The summed E-state index contributed by atoms with van der Waals surface area (Å²) in [6, 6.07) is 24.4. The van der Waals surface area contributed by atoms with Gasteiger partial charge in [0.1, 0.15) is 12.1 Å². The zero-order chi connectivity index (χ0) is 41.6. The number of hydrogen-bond acceptors (Lipinski definition) is 7. The lowest BCUT2D eigenvalue weighted by Gasteiger charge is -2.30. The first kappa shape index (κ1) is 40.8. The van der Waals surface area contributed by atoms with Gasteiger partial charge in [0.05, 0.1) is 45.0 Å². The number of carbonyl (C=O) groups excluding carboxylic acids is 7. The van der Waals surface area contributed by atoms with Crippen molar-refractivity contribution in [3.63, 3.8) is 0 Å². The van der Waals surface area contributed by atoms with E-state index in [-0.39, 0.29) is 63.6 Å². The zero-order valence-corrected chi connectivity index (χ0v) is 32.9. The Labute approximate surface area is 336 Å². The molecule has 2 saturated heterocycles. The van der Waals surface area contributed by atoms with Crippen LogP contribution in [0.5, 0.6) is 0 Å². The summed E-state index contributed by atoms with van der Waals surface area (Å²) in [4.78, 5) is 97.3. The van der Waals surface area contributed by atoms with Crippen LogP contribution in [0.15, 0.2) is 97.1 Å². The van der Waals surface area contributed by atoms with E-state index in [2.05, 4.69) is 26.6 Å². The van der Waals surface area contributed by atoms with E-state index < -0.39 is 41.1 Å². The minimum atomic E-state index is -0.877. The van der Waals surface area contributed by atoms with Crippen molar-refractivity contribution < 1.29 is 33.6 Å². The van der Waals surface area contributed by atoms with Crippen LogP contribution in [0.1, 0.15) is 87.9 Å². The molecule has 2 fully saturated rings. The fourth-order valence-corrected chi connectivity index (χ4v) is 7.25. The molecule has 0 aliphatic carbocycles. The number of rotatable bonds is 10. The number of amides is 7. The second-order valence-corrected chi connectivity index (χ2v) is 15.2. The Morgan fingerprint density at radius 3 is 1.31 bits per heavy atom. The molecule has 58 heavy (non-hydrogen) atoms. The average molecular weight is 786 g/mol. The van der Waals surface area contributed by atoms with E-state index in [1.165, 1.54) is 11.9 Å². The highest BCUT2D eigenvalue weighted by molar-refractivity contribution is 6.15. The van der Waals surface area contributed by atoms with E-state index >= 15 is 0 Å². The van der Waals surface area contributed by atoms with Gasteiger partial charge in [-0.25, -0.2) is 0 Å². The summed E-state index contributed by atoms with van der Waals surface area (Å²) < 4.78 is 0. The predicted molar refractivity (Wildman–Crippen MR) is 221 cm³/mol. The van der Waals surface area contributed by atoms with E-state index in [9.17, 15) is 33.6 Å². The maximum Gasteiger partial charge on any atom is 0.257 e. The van der Waals surface area contributed by atoms with Crippen LogP contribution in [0.4, 0.5) is 22.7 Å². The minimum absolute atomic E-state index is 0.121. The molecule has 2 heterocycles. The molecule has 0 aromatic heterocycles. The van der Waals surface area contributed by atoms with Gasteiger partial charge in [-0.1, -0.05) is 69.3 Å². The van der Waals surface area contributed by atoms with Crippen LogP contribution < -0.4 is 26.6 Å². The Hall–Kier alpha value is -6.83. The summed E-state index contributed by atoms with van der Waals surface area (Å²) in [6.45, 7) is 6.19. The topological polar surface area (TPSA) is 186 Å². The summed E-state index contributed by atoms with van der Waals surface area (Å²) >= 11 is 0. The number of benzene rings is 4. The molecule has 300 valence electrons. The smallest absolute Gasteiger partial charge is 0.257 e. The van der Waals surface area contributed by atoms with Crippen LogP contribution in [0.25, 0.3) is 0 Å². The quantitative estimate of drug-likeness (QED) is 0.135. The van der Waals surface area contributed by atoms with Gasteiger partial charge in [-0.15, -0.1) is 0 Å². The SMILES string of the molecule is CNC(=O)c1ccccc1NC(=O)c1ccccc1NC(=O)[C@H]1CCCN1C(=O)c1ccccc1NC(=O)c1ccccc1NC(=O)[C@@H]1CCCN1C(=O)C(C)(C)C. The van der Waals surface area contributed by atoms with Gasteiger partial charge in [0.2, 0.25) is 17.7 Å². The highest BCUT2D eigenvalue weighted by Crippen LogP contribution is 2.29. The fourth-order valence-electron chi connectivity index (χ4n) is 7.25. The van der Waals surface area contributed by atoms with E-state index in [4.69, 9.17) is 0 Å². The Bertz CT molecular complexity index is 2270. The second-order valence-electron chi connectivity index (χ2n) is 15.2. The number of carbonyl (C=O) groups is 7. The fraction of sp³-hybridized carbons (Fsp3) is 0.295. The molecule has 4 aromatic carbocycles. The molecule has 0 unspecified atom stereocenters. The maximum absolute atomic E-state index is 14.2. The summed E-state index contributed by atoms with van der Waals surface area (Å²) in [5.74, 6) is -2.98. The van der Waals surface area contributed by atoms with Gasteiger partial charge in [-0.2, -0.15) is 0 Å². The standard InChI is InChI=1S/C44H47N7O7/c1-44(2,3)43(58)51-26-14-24-36(51)41(56)49-33-21-11-7-17-29(33)39(54)47-34-22-12-8-18-30(34)42(57)50-25-13-23-35(50)40(55)48-32-20-10-6-16-28(32)38(53)46-31-19-9-5-15-27(31)37(52)45-4/h5-12,15-22,35-36H,13-14,23-26H2,1-4H3,(H,45,52)(H,46,53)(H,47,54)(H,48,55)(H,49,56)/t35-,36+/m1/s1.